The van der Waals surface area contributed by atoms with Gasteiger partial charge in [0.2, 0.25) is 9.84 Å². The molecular weight excluding hydrogens is 396 g/mol. The van der Waals surface area contributed by atoms with Gasteiger partial charge in [-0.1, -0.05) is 11.3 Å². The Labute approximate surface area is 155 Å². The number of hydrogen-bond acceptors (Lipinski definition) is 8. The number of sulfone groups is 2. The lowest BCUT2D eigenvalue weighted by atomic mass is 10.1. The van der Waals surface area contributed by atoms with Crippen LogP contribution < -0.4 is 5.32 Å². The average Bonchev–Trinajstić information content (AvgIpc) is 3.22. The smallest absolute Gasteiger partial charge is 0.217 e. The molecule has 0 spiro atoms. The summed E-state index contributed by atoms with van der Waals surface area (Å²) in [5.74, 6) is 0. The summed E-state index contributed by atoms with van der Waals surface area (Å²) in [4.78, 5) is 4.03. The van der Waals surface area contributed by atoms with E-state index in [-0.39, 0.29) is 14.0 Å². The number of nitrogens with one attached hydrogen (secondary N) is 1. The van der Waals surface area contributed by atoms with Crippen molar-refractivity contribution in [1.29, 1.82) is 0 Å². The summed E-state index contributed by atoms with van der Waals surface area (Å²) >= 11 is 1.01. The number of aromatic nitrogens is 3. The monoisotopic (exact) mass is 412 g/mol. The van der Waals surface area contributed by atoms with Crippen molar-refractivity contribution in [3.63, 3.8) is 0 Å². The molecule has 2 heterocycles. The number of thiazole rings is 1. The van der Waals surface area contributed by atoms with Crippen molar-refractivity contribution in [1.82, 2.24) is 14.8 Å². The Morgan fingerprint density at radius 2 is 1.88 bits per heavy atom. The van der Waals surface area contributed by atoms with Gasteiger partial charge >= 0.3 is 0 Å². The Bertz CT molecular complexity index is 1180. The summed E-state index contributed by atoms with van der Waals surface area (Å²) < 4.78 is 51.6. The predicted molar refractivity (Wildman–Crippen MR) is 98.9 cm³/mol. The minimum absolute atomic E-state index is 0.00458. The van der Waals surface area contributed by atoms with Crippen LogP contribution in [0.5, 0.6) is 0 Å². The molecule has 0 amide bonds. The molecule has 11 heteroatoms. The highest BCUT2D eigenvalue weighted by Gasteiger charge is 2.24. The highest BCUT2D eigenvalue weighted by Crippen LogP contribution is 2.34. The molecule has 1 N–H and O–H groups in total. The second-order valence-electron chi connectivity index (χ2n) is 5.57. The molecule has 3 aromatic rings. The molecule has 0 saturated carbocycles. The molecule has 0 aliphatic heterocycles. The quantitative estimate of drug-likeness (QED) is 0.680. The van der Waals surface area contributed by atoms with E-state index in [0.29, 0.717) is 16.3 Å². The lowest BCUT2D eigenvalue weighted by Gasteiger charge is -2.09. The van der Waals surface area contributed by atoms with Crippen LogP contribution in [0.1, 0.15) is 0 Å². The molecule has 0 aliphatic carbocycles. The Morgan fingerprint density at radius 3 is 2.42 bits per heavy atom. The number of nitrogens with zero attached hydrogens (tertiary/aromatic N) is 3. The number of benzene rings is 1. The van der Waals surface area contributed by atoms with Crippen LogP contribution >= 0.6 is 11.3 Å². The molecule has 8 nitrogen and oxygen atoms in total. The zero-order valence-electron chi connectivity index (χ0n) is 14.2. The topological polar surface area (TPSA) is 111 Å². The maximum atomic E-state index is 12.9. The summed E-state index contributed by atoms with van der Waals surface area (Å²) in [6.07, 6.45) is 5.48. The maximum absolute atomic E-state index is 12.9. The zero-order valence-corrected chi connectivity index (χ0v) is 16.6. The lowest BCUT2D eigenvalue weighted by Crippen LogP contribution is -2.04. The van der Waals surface area contributed by atoms with Crippen LogP contribution in [0.15, 0.2) is 50.8 Å². The molecule has 0 radical (unpaired) electrons. The summed E-state index contributed by atoms with van der Waals surface area (Å²) in [7, 11) is -4.03. The van der Waals surface area contributed by atoms with Gasteiger partial charge in [-0.05, 0) is 18.2 Å². The number of anilines is 1. The lowest BCUT2D eigenvalue weighted by molar-refractivity contribution is 0.595. The second-order valence-corrected chi connectivity index (χ2v) is 10.8. The molecule has 26 heavy (non-hydrogen) atoms. The van der Waals surface area contributed by atoms with Gasteiger partial charge in [0.1, 0.15) is 4.21 Å². The Morgan fingerprint density at radius 1 is 1.15 bits per heavy atom. The van der Waals surface area contributed by atoms with E-state index in [0.717, 1.165) is 17.6 Å². The number of rotatable bonds is 5. The van der Waals surface area contributed by atoms with E-state index >= 15 is 0 Å². The van der Waals surface area contributed by atoms with E-state index in [9.17, 15) is 16.8 Å². The molecule has 0 bridgehead atoms. The predicted octanol–water partition coefficient (Wildman–Crippen LogP) is 1.82. The van der Waals surface area contributed by atoms with Gasteiger partial charge in [0.25, 0.3) is 0 Å². The average molecular weight is 413 g/mol. The molecule has 0 saturated heterocycles. The summed E-state index contributed by atoms with van der Waals surface area (Å²) in [6.45, 7) is 0. The van der Waals surface area contributed by atoms with E-state index < -0.39 is 19.7 Å². The largest absolute Gasteiger partial charge is 0.365 e. The van der Waals surface area contributed by atoms with Gasteiger partial charge in [0, 0.05) is 37.7 Å². The SMILES string of the molecule is CNc1ncc(S(=O)(=O)c2ccc(S(C)(=O)=O)c(-c3cnn(C)c3)c2)s1. The van der Waals surface area contributed by atoms with E-state index in [2.05, 4.69) is 15.4 Å². The van der Waals surface area contributed by atoms with Crippen molar-refractivity contribution in [2.75, 3.05) is 18.6 Å². The third-order valence-corrected chi connectivity index (χ3v) is 8.02. The van der Waals surface area contributed by atoms with Crippen LogP contribution in [0, 0.1) is 0 Å². The Kier molecular flexibility index (Phi) is 4.63. The van der Waals surface area contributed by atoms with Crippen molar-refractivity contribution in [3.8, 4) is 11.1 Å². The molecule has 138 valence electrons. The van der Waals surface area contributed by atoms with Crippen LogP contribution in [-0.2, 0) is 26.7 Å². The van der Waals surface area contributed by atoms with Gasteiger partial charge in [-0.2, -0.15) is 5.10 Å². The first-order valence-electron chi connectivity index (χ1n) is 7.35. The van der Waals surface area contributed by atoms with Crippen LogP contribution in [-0.4, -0.2) is 44.9 Å². The highest BCUT2D eigenvalue weighted by molar-refractivity contribution is 7.93. The molecule has 3 rings (SSSR count). The maximum Gasteiger partial charge on any atom is 0.217 e. The number of aryl methyl sites for hydroxylation is 1. The minimum atomic E-state index is -3.82. The number of hydrogen-bond donors (Lipinski definition) is 1. The Hall–Kier alpha value is -2.24. The zero-order chi connectivity index (χ0) is 19.1. The first kappa shape index (κ1) is 18.5. The second kappa shape index (κ2) is 6.49. The highest BCUT2D eigenvalue weighted by atomic mass is 32.2. The first-order valence-corrected chi connectivity index (χ1v) is 11.5. The molecule has 1 aromatic carbocycles. The summed E-state index contributed by atoms with van der Waals surface area (Å²) in [5, 5.41) is 7.31. The van der Waals surface area contributed by atoms with Crippen LogP contribution in [0.4, 0.5) is 5.13 Å². The summed E-state index contributed by atoms with van der Waals surface area (Å²) in [5.41, 5.74) is 0.810. The van der Waals surface area contributed by atoms with E-state index in [1.165, 1.54) is 35.3 Å². The van der Waals surface area contributed by atoms with E-state index in [1.807, 2.05) is 0 Å². The van der Waals surface area contributed by atoms with Crippen LogP contribution in [0.25, 0.3) is 11.1 Å². The molecule has 2 aromatic heterocycles. The van der Waals surface area contributed by atoms with Crippen molar-refractivity contribution >= 4 is 36.1 Å². The van der Waals surface area contributed by atoms with E-state index in [4.69, 9.17) is 0 Å². The van der Waals surface area contributed by atoms with Gasteiger partial charge in [-0.3, -0.25) is 4.68 Å². The molecule has 0 unspecified atom stereocenters. The third kappa shape index (κ3) is 3.37. The van der Waals surface area contributed by atoms with Gasteiger partial charge in [-0.15, -0.1) is 0 Å². The summed E-state index contributed by atoms with van der Waals surface area (Å²) in [6, 6.07) is 3.97. The van der Waals surface area contributed by atoms with Crippen molar-refractivity contribution in [2.45, 2.75) is 14.0 Å². The molecule has 0 aliphatic rings. The van der Waals surface area contributed by atoms with Gasteiger partial charge < -0.3 is 5.32 Å². The standard InChI is InChI=1S/C15H16N4O4S3/c1-16-15-17-8-14(24-15)26(22,23)11-4-5-13(25(3,20)21)12(6-11)10-7-18-19(2)9-10/h4-9H,1-3H3,(H,16,17). The molecule has 0 fully saturated rings. The van der Waals surface area contributed by atoms with E-state index in [1.54, 1.807) is 20.3 Å². The first-order chi connectivity index (χ1) is 12.1. The van der Waals surface area contributed by atoms with Crippen molar-refractivity contribution < 1.29 is 16.8 Å². The van der Waals surface area contributed by atoms with Gasteiger partial charge in [0.15, 0.2) is 15.0 Å². The van der Waals surface area contributed by atoms with Crippen LogP contribution in [0.2, 0.25) is 0 Å². The minimum Gasteiger partial charge on any atom is -0.365 e. The fraction of sp³-hybridized carbons (Fsp3) is 0.200. The Balaban J connectivity index is 2.21. The third-order valence-electron chi connectivity index (χ3n) is 3.64. The molecule has 0 atom stereocenters. The fourth-order valence-corrected chi connectivity index (χ4v) is 5.70. The normalized spacial score (nSPS) is 12.3. The van der Waals surface area contributed by atoms with Gasteiger partial charge in [-0.25, -0.2) is 21.8 Å². The molecular formula is C15H16N4O4S3. The van der Waals surface area contributed by atoms with Gasteiger partial charge in [0.05, 0.1) is 22.2 Å². The van der Waals surface area contributed by atoms with Crippen LogP contribution in [0.3, 0.4) is 0 Å². The van der Waals surface area contributed by atoms with Crippen molar-refractivity contribution in [3.05, 3.63) is 36.8 Å². The van der Waals surface area contributed by atoms with Crippen molar-refractivity contribution in [2.24, 2.45) is 7.05 Å². The fourth-order valence-electron chi connectivity index (χ4n) is 2.40.